The number of H-pyrrole nitrogens is 1. The number of ether oxygens (including phenoxy) is 1. The first-order valence-electron chi connectivity index (χ1n) is 7.86. The van der Waals surface area contributed by atoms with Crippen molar-refractivity contribution in [2.45, 2.75) is 0 Å². The summed E-state index contributed by atoms with van der Waals surface area (Å²) < 4.78 is 5.87. The molecular formula is C20H15N3O2. The standard InChI is InChI=1S/C20H15N3O2/c24-20(14-10-11-16-18(12-14)22-13-21-16)23-17-8-4-5-9-19(17)25-15-6-2-1-3-7-15/h1-13H,(H,21,22)(H,23,24). The average Bonchev–Trinajstić information content (AvgIpc) is 3.12. The summed E-state index contributed by atoms with van der Waals surface area (Å²) in [6.45, 7) is 0. The van der Waals surface area contributed by atoms with E-state index in [0.29, 0.717) is 22.7 Å². The lowest BCUT2D eigenvalue weighted by atomic mass is 10.2. The lowest BCUT2D eigenvalue weighted by Gasteiger charge is -2.12. The van der Waals surface area contributed by atoms with E-state index in [4.69, 9.17) is 4.74 Å². The Labute approximate surface area is 144 Å². The highest BCUT2D eigenvalue weighted by Gasteiger charge is 2.11. The van der Waals surface area contributed by atoms with E-state index in [2.05, 4.69) is 15.3 Å². The zero-order chi connectivity index (χ0) is 17.1. The normalized spacial score (nSPS) is 10.6. The van der Waals surface area contributed by atoms with Gasteiger partial charge >= 0.3 is 0 Å². The maximum Gasteiger partial charge on any atom is 0.255 e. The van der Waals surface area contributed by atoms with Crippen molar-refractivity contribution < 1.29 is 9.53 Å². The molecule has 2 N–H and O–H groups in total. The molecule has 0 fully saturated rings. The van der Waals surface area contributed by atoms with Gasteiger partial charge in [0, 0.05) is 5.56 Å². The molecule has 0 unspecified atom stereocenters. The molecule has 0 bridgehead atoms. The number of imidazole rings is 1. The van der Waals surface area contributed by atoms with Crippen LogP contribution in [-0.4, -0.2) is 15.9 Å². The fourth-order valence-electron chi connectivity index (χ4n) is 2.55. The Hall–Kier alpha value is -3.60. The highest BCUT2D eigenvalue weighted by molar-refractivity contribution is 6.06. The number of aromatic nitrogens is 2. The molecular weight excluding hydrogens is 314 g/mol. The van der Waals surface area contributed by atoms with Gasteiger partial charge in [0.25, 0.3) is 5.91 Å². The monoisotopic (exact) mass is 329 g/mol. The second-order valence-electron chi connectivity index (χ2n) is 5.50. The van der Waals surface area contributed by atoms with Crippen LogP contribution in [0.2, 0.25) is 0 Å². The predicted octanol–water partition coefficient (Wildman–Crippen LogP) is 4.61. The fraction of sp³-hybridized carbons (Fsp3) is 0. The minimum atomic E-state index is -0.208. The van der Waals surface area contributed by atoms with E-state index in [1.807, 2.05) is 60.7 Å². The SMILES string of the molecule is O=C(Nc1ccccc1Oc1ccccc1)c1ccc2nc[nH]c2c1. The third kappa shape index (κ3) is 3.21. The Balaban J connectivity index is 1.58. The number of aromatic amines is 1. The number of fused-ring (bicyclic) bond motifs is 1. The first-order valence-corrected chi connectivity index (χ1v) is 7.86. The number of hydrogen-bond donors (Lipinski definition) is 2. The molecule has 122 valence electrons. The number of nitrogens with one attached hydrogen (secondary N) is 2. The topological polar surface area (TPSA) is 67.0 Å². The smallest absolute Gasteiger partial charge is 0.255 e. The van der Waals surface area contributed by atoms with Crippen LogP contribution < -0.4 is 10.1 Å². The third-order valence-electron chi connectivity index (χ3n) is 3.79. The molecule has 4 rings (SSSR count). The second kappa shape index (κ2) is 6.49. The van der Waals surface area contributed by atoms with E-state index in [1.54, 1.807) is 18.5 Å². The molecule has 1 heterocycles. The Morgan fingerprint density at radius 2 is 1.76 bits per heavy atom. The van der Waals surface area contributed by atoms with Gasteiger partial charge < -0.3 is 15.0 Å². The molecule has 0 aliphatic carbocycles. The van der Waals surface area contributed by atoms with Gasteiger partial charge in [0.05, 0.1) is 23.0 Å². The summed E-state index contributed by atoms with van der Waals surface area (Å²) in [6, 6.07) is 22.1. The van der Waals surface area contributed by atoms with Crippen LogP contribution in [0.1, 0.15) is 10.4 Å². The van der Waals surface area contributed by atoms with Crippen LogP contribution in [0.3, 0.4) is 0 Å². The number of benzene rings is 3. The van der Waals surface area contributed by atoms with Crippen molar-refractivity contribution in [2.75, 3.05) is 5.32 Å². The van der Waals surface area contributed by atoms with Gasteiger partial charge in [0.15, 0.2) is 5.75 Å². The van der Waals surface area contributed by atoms with Crippen molar-refractivity contribution in [1.29, 1.82) is 0 Å². The van der Waals surface area contributed by atoms with Gasteiger partial charge in [-0.25, -0.2) is 4.98 Å². The number of carbonyl (C=O) groups excluding carboxylic acids is 1. The van der Waals surface area contributed by atoms with Gasteiger partial charge in [-0.1, -0.05) is 30.3 Å². The summed E-state index contributed by atoms with van der Waals surface area (Å²) in [4.78, 5) is 19.7. The molecule has 4 aromatic rings. The summed E-state index contributed by atoms with van der Waals surface area (Å²) in [7, 11) is 0. The van der Waals surface area contributed by atoms with Crippen molar-refractivity contribution in [1.82, 2.24) is 9.97 Å². The molecule has 0 spiro atoms. The van der Waals surface area contributed by atoms with Crippen LogP contribution >= 0.6 is 0 Å². The predicted molar refractivity (Wildman–Crippen MR) is 97.0 cm³/mol. The van der Waals surface area contributed by atoms with Crippen molar-refractivity contribution in [3.8, 4) is 11.5 Å². The van der Waals surface area contributed by atoms with Crippen LogP contribution in [0.15, 0.2) is 79.1 Å². The van der Waals surface area contributed by atoms with Gasteiger partial charge in [-0.05, 0) is 42.5 Å². The number of anilines is 1. The highest BCUT2D eigenvalue weighted by atomic mass is 16.5. The van der Waals surface area contributed by atoms with Crippen LogP contribution in [0.5, 0.6) is 11.5 Å². The van der Waals surface area contributed by atoms with Gasteiger partial charge in [-0.3, -0.25) is 4.79 Å². The first kappa shape index (κ1) is 15.0. The number of para-hydroxylation sites is 3. The van der Waals surface area contributed by atoms with Crippen LogP contribution in [0.25, 0.3) is 11.0 Å². The van der Waals surface area contributed by atoms with E-state index in [9.17, 15) is 4.79 Å². The zero-order valence-corrected chi connectivity index (χ0v) is 13.3. The van der Waals surface area contributed by atoms with E-state index in [0.717, 1.165) is 11.0 Å². The van der Waals surface area contributed by atoms with Gasteiger partial charge in [-0.2, -0.15) is 0 Å². The fourth-order valence-corrected chi connectivity index (χ4v) is 2.55. The average molecular weight is 329 g/mol. The highest BCUT2D eigenvalue weighted by Crippen LogP contribution is 2.29. The minimum Gasteiger partial charge on any atom is -0.455 e. The second-order valence-corrected chi connectivity index (χ2v) is 5.50. The van der Waals surface area contributed by atoms with Crippen molar-refractivity contribution in [3.63, 3.8) is 0 Å². The lowest BCUT2D eigenvalue weighted by Crippen LogP contribution is -2.12. The molecule has 5 heteroatoms. The quantitative estimate of drug-likeness (QED) is 0.574. The molecule has 25 heavy (non-hydrogen) atoms. The van der Waals surface area contributed by atoms with Gasteiger partial charge in [-0.15, -0.1) is 0 Å². The third-order valence-corrected chi connectivity index (χ3v) is 3.79. The largest absolute Gasteiger partial charge is 0.455 e. The van der Waals surface area contributed by atoms with Crippen LogP contribution in [0, 0.1) is 0 Å². The Kier molecular flexibility index (Phi) is 3.88. The summed E-state index contributed by atoms with van der Waals surface area (Å²) >= 11 is 0. The summed E-state index contributed by atoms with van der Waals surface area (Å²) in [5.41, 5.74) is 2.80. The Morgan fingerprint density at radius 1 is 0.960 bits per heavy atom. The first-order chi connectivity index (χ1) is 12.3. The molecule has 0 aliphatic rings. The summed E-state index contributed by atoms with van der Waals surface area (Å²) in [6.07, 6.45) is 1.61. The molecule has 5 nitrogen and oxygen atoms in total. The molecule has 1 aromatic heterocycles. The molecule has 0 atom stereocenters. The molecule has 3 aromatic carbocycles. The number of nitrogens with zero attached hydrogens (tertiary/aromatic N) is 1. The van der Waals surface area contributed by atoms with Crippen LogP contribution in [-0.2, 0) is 0 Å². The van der Waals surface area contributed by atoms with Crippen molar-refractivity contribution >= 4 is 22.6 Å². The van der Waals surface area contributed by atoms with Gasteiger partial charge in [0.2, 0.25) is 0 Å². The lowest BCUT2D eigenvalue weighted by molar-refractivity contribution is 0.102. The maximum absolute atomic E-state index is 12.6. The van der Waals surface area contributed by atoms with Gasteiger partial charge in [0.1, 0.15) is 5.75 Å². The van der Waals surface area contributed by atoms with E-state index in [1.165, 1.54) is 0 Å². The van der Waals surface area contributed by atoms with E-state index in [-0.39, 0.29) is 5.91 Å². The minimum absolute atomic E-state index is 0.208. The Morgan fingerprint density at radius 3 is 2.64 bits per heavy atom. The summed E-state index contributed by atoms with van der Waals surface area (Å²) in [5.74, 6) is 1.09. The van der Waals surface area contributed by atoms with Crippen LogP contribution in [0.4, 0.5) is 5.69 Å². The molecule has 1 amide bonds. The number of hydrogen-bond acceptors (Lipinski definition) is 3. The van der Waals surface area contributed by atoms with Crippen molar-refractivity contribution in [3.05, 3.63) is 84.7 Å². The molecule has 0 radical (unpaired) electrons. The zero-order valence-electron chi connectivity index (χ0n) is 13.3. The molecule has 0 saturated carbocycles. The van der Waals surface area contributed by atoms with E-state index >= 15 is 0 Å². The number of amides is 1. The van der Waals surface area contributed by atoms with Crippen molar-refractivity contribution in [2.24, 2.45) is 0 Å². The Bertz CT molecular complexity index is 1030. The molecule has 0 aliphatic heterocycles. The maximum atomic E-state index is 12.6. The molecule has 0 saturated heterocycles. The summed E-state index contributed by atoms with van der Waals surface area (Å²) in [5, 5.41) is 2.91. The van der Waals surface area contributed by atoms with E-state index < -0.39 is 0 Å². The number of rotatable bonds is 4. The number of carbonyl (C=O) groups is 1.